The molecule has 0 unspecified atom stereocenters. The third kappa shape index (κ3) is 1.11. The summed E-state index contributed by atoms with van der Waals surface area (Å²) in [6.07, 6.45) is 2.98. The minimum absolute atomic E-state index is 0.595. The molecule has 1 N–H and O–H groups in total. The Balaban J connectivity index is 2.60. The Kier molecular flexibility index (Phi) is 1.65. The maximum atomic E-state index is 3.09. The quantitative estimate of drug-likeness (QED) is 0.656. The molecule has 0 aliphatic carbocycles. The lowest BCUT2D eigenvalue weighted by Gasteiger charge is -2.03. The van der Waals surface area contributed by atoms with Gasteiger partial charge in [-0.25, -0.2) is 0 Å². The standard InChI is InChI=1S/C11H12N/c1-8(2)10-4-3-9-5-6-12-11(9)7-10/h3-5,7-8,12H,1-2H3. The molecular weight excluding hydrogens is 146 g/mol. The largest absolute Gasteiger partial charge is 0.353 e. The average Bonchev–Trinajstić information content (AvgIpc) is 2.49. The Morgan fingerprint density at radius 3 is 2.92 bits per heavy atom. The van der Waals surface area contributed by atoms with Crippen molar-refractivity contribution >= 4 is 10.9 Å². The van der Waals surface area contributed by atoms with Crippen LogP contribution < -0.4 is 0 Å². The Hall–Kier alpha value is -1.24. The van der Waals surface area contributed by atoms with E-state index in [1.54, 1.807) is 0 Å². The molecule has 1 radical (unpaired) electrons. The molecule has 1 heterocycles. The van der Waals surface area contributed by atoms with E-state index in [9.17, 15) is 0 Å². The monoisotopic (exact) mass is 158 g/mol. The van der Waals surface area contributed by atoms with Crippen LogP contribution in [0.2, 0.25) is 0 Å². The first-order valence-electron chi connectivity index (χ1n) is 4.26. The fourth-order valence-electron chi connectivity index (χ4n) is 1.36. The van der Waals surface area contributed by atoms with Crippen molar-refractivity contribution in [3.8, 4) is 0 Å². The highest BCUT2D eigenvalue weighted by atomic mass is 14.7. The van der Waals surface area contributed by atoms with Crippen LogP contribution in [0.5, 0.6) is 0 Å². The predicted molar refractivity (Wildman–Crippen MR) is 51.2 cm³/mol. The summed E-state index contributed by atoms with van der Waals surface area (Å²) in [6, 6.07) is 8.47. The zero-order chi connectivity index (χ0) is 8.55. The summed E-state index contributed by atoms with van der Waals surface area (Å²) in [4.78, 5) is 3.09. The summed E-state index contributed by atoms with van der Waals surface area (Å²) < 4.78 is 0. The van der Waals surface area contributed by atoms with E-state index in [1.807, 2.05) is 6.07 Å². The second-order valence-corrected chi connectivity index (χ2v) is 3.42. The molecule has 2 rings (SSSR count). The van der Waals surface area contributed by atoms with Gasteiger partial charge < -0.3 is 4.98 Å². The number of hydrogen-bond acceptors (Lipinski definition) is 0. The Bertz CT molecular complexity index is 385. The summed E-state index contributed by atoms with van der Waals surface area (Å²) in [5, 5.41) is 1.24. The minimum atomic E-state index is 0.595. The van der Waals surface area contributed by atoms with E-state index in [-0.39, 0.29) is 0 Å². The lowest BCUT2D eigenvalue weighted by molar-refractivity contribution is 0.868. The number of aromatic nitrogens is 1. The highest BCUT2D eigenvalue weighted by molar-refractivity contribution is 5.79. The second-order valence-electron chi connectivity index (χ2n) is 3.42. The number of nitrogens with one attached hydrogen (secondary N) is 1. The molecule has 0 saturated carbocycles. The summed E-state index contributed by atoms with van der Waals surface area (Å²) >= 11 is 0. The Morgan fingerprint density at radius 1 is 1.33 bits per heavy atom. The van der Waals surface area contributed by atoms with Gasteiger partial charge in [0.1, 0.15) is 0 Å². The summed E-state index contributed by atoms with van der Waals surface area (Å²) in [5.41, 5.74) is 2.56. The topological polar surface area (TPSA) is 15.8 Å². The summed E-state index contributed by atoms with van der Waals surface area (Å²) in [7, 11) is 0. The highest BCUT2D eigenvalue weighted by Gasteiger charge is 2.00. The predicted octanol–water partition coefficient (Wildman–Crippen LogP) is 3.09. The molecule has 1 aromatic heterocycles. The molecule has 2 aromatic rings. The Morgan fingerprint density at radius 2 is 2.17 bits per heavy atom. The van der Waals surface area contributed by atoms with E-state index in [0.29, 0.717) is 5.92 Å². The summed E-state index contributed by atoms with van der Waals surface area (Å²) in [6.45, 7) is 4.40. The third-order valence-electron chi connectivity index (χ3n) is 2.18. The van der Waals surface area contributed by atoms with E-state index in [4.69, 9.17) is 0 Å². The van der Waals surface area contributed by atoms with Gasteiger partial charge in [-0.05, 0) is 23.6 Å². The average molecular weight is 158 g/mol. The van der Waals surface area contributed by atoms with Crippen LogP contribution in [0.4, 0.5) is 0 Å². The fourth-order valence-corrected chi connectivity index (χ4v) is 1.36. The van der Waals surface area contributed by atoms with Crippen molar-refractivity contribution in [2.75, 3.05) is 0 Å². The van der Waals surface area contributed by atoms with Crippen LogP contribution in [-0.2, 0) is 0 Å². The first-order chi connectivity index (χ1) is 5.77. The van der Waals surface area contributed by atoms with Crippen LogP contribution in [0.25, 0.3) is 10.9 Å². The maximum absolute atomic E-state index is 3.09. The van der Waals surface area contributed by atoms with Gasteiger partial charge in [-0.15, -0.1) is 0 Å². The van der Waals surface area contributed by atoms with E-state index in [1.165, 1.54) is 16.5 Å². The van der Waals surface area contributed by atoms with Gasteiger partial charge in [0.05, 0.1) is 6.20 Å². The number of hydrogen-bond donors (Lipinski definition) is 1. The minimum Gasteiger partial charge on any atom is -0.353 e. The molecule has 12 heavy (non-hydrogen) atoms. The van der Waals surface area contributed by atoms with Crippen LogP contribution in [0.15, 0.2) is 24.3 Å². The van der Waals surface area contributed by atoms with Gasteiger partial charge in [-0.2, -0.15) is 0 Å². The van der Waals surface area contributed by atoms with E-state index >= 15 is 0 Å². The zero-order valence-electron chi connectivity index (χ0n) is 7.39. The lowest BCUT2D eigenvalue weighted by atomic mass is 10.0. The number of H-pyrrole nitrogens is 1. The van der Waals surface area contributed by atoms with Gasteiger partial charge in [0, 0.05) is 10.9 Å². The van der Waals surface area contributed by atoms with Crippen molar-refractivity contribution in [3.05, 3.63) is 36.0 Å². The zero-order valence-corrected chi connectivity index (χ0v) is 7.39. The van der Waals surface area contributed by atoms with Crippen LogP contribution in [-0.4, -0.2) is 4.98 Å². The molecule has 0 aliphatic rings. The van der Waals surface area contributed by atoms with Crippen LogP contribution in [0.1, 0.15) is 25.3 Å². The van der Waals surface area contributed by atoms with E-state index in [2.05, 4.69) is 43.2 Å². The smallest absolute Gasteiger partial charge is 0.0630 e. The SMILES string of the molecule is CC(C)c1ccc2c[c][nH]c2c1. The summed E-state index contributed by atoms with van der Waals surface area (Å²) in [5.74, 6) is 0.595. The van der Waals surface area contributed by atoms with E-state index in [0.717, 1.165) is 0 Å². The highest BCUT2D eigenvalue weighted by Crippen LogP contribution is 2.19. The van der Waals surface area contributed by atoms with Gasteiger partial charge in [-0.3, -0.25) is 0 Å². The molecule has 0 spiro atoms. The maximum Gasteiger partial charge on any atom is 0.0630 e. The van der Waals surface area contributed by atoms with Crippen molar-refractivity contribution in [1.29, 1.82) is 0 Å². The number of aromatic amines is 1. The molecular formula is C11H12N. The normalized spacial score (nSPS) is 11.2. The molecule has 0 atom stereocenters. The van der Waals surface area contributed by atoms with Gasteiger partial charge in [0.2, 0.25) is 0 Å². The van der Waals surface area contributed by atoms with Crippen molar-refractivity contribution in [3.63, 3.8) is 0 Å². The van der Waals surface area contributed by atoms with Crippen LogP contribution in [0, 0.1) is 6.20 Å². The second kappa shape index (κ2) is 2.67. The van der Waals surface area contributed by atoms with Gasteiger partial charge in [-0.1, -0.05) is 26.0 Å². The number of rotatable bonds is 1. The van der Waals surface area contributed by atoms with Crippen molar-refractivity contribution in [2.45, 2.75) is 19.8 Å². The third-order valence-corrected chi connectivity index (χ3v) is 2.18. The van der Waals surface area contributed by atoms with Crippen molar-refractivity contribution < 1.29 is 0 Å². The molecule has 0 fully saturated rings. The van der Waals surface area contributed by atoms with Crippen molar-refractivity contribution in [2.24, 2.45) is 0 Å². The van der Waals surface area contributed by atoms with Gasteiger partial charge in [0.15, 0.2) is 0 Å². The number of benzene rings is 1. The molecule has 61 valence electrons. The fraction of sp³-hybridized carbons (Fsp3) is 0.273. The van der Waals surface area contributed by atoms with Crippen LogP contribution >= 0.6 is 0 Å². The van der Waals surface area contributed by atoms with Crippen LogP contribution in [0.3, 0.4) is 0 Å². The molecule has 0 aliphatic heterocycles. The first kappa shape index (κ1) is 7.41. The molecule has 1 aromatic carbocycles. The van der Waals surface area contributed by atoms with Gasteiger partial charge in [0.25, 0.3) is 0 Å². The first-order valence-corrected chi connectivity index (χ1v) is 4.26. The molecule has 0 saturated heterocycles. The molecule has 0 amide bonds. The van der Waals surface area contributed by atoms with Crippen molar-refractivity contribution in [1.82, 2.24) is 4.98 Å². The molecule has 1 heteroatoms. The van der Waals surface area contributed by atoms with Gasteiger partial charge >= 0.3 is 0 Å². The van der Waals surface area contributed by atoms with E-state index < -0.39 is 0 Å². The number of fused-ring (bicyclic) bond motifs is 1. The molecule has 0 bridgehead atoms. The molecule has 1 nitrogen and oxygen atoms in total. The lowest BCUT2D eigenvalue weighted by Crippen LogP contribution is -1.85. The Labute approximate surface area is 72.4 Å².